The zero-order valence-electron chi connectivity index (χ0n) is 16.7. The number of ether oxygens (including phenoxy) is 1. The molecule has 0 unspecified atom stereocenters. The second kappa shape index (κ2) is 12.4. The van der Waals surface area contributed by atoms with Crippen molar-refractivity contribution >= 4 is 41.8 Å². The minimum Gasteiger partial charge on any atom is -0.497 e. The van der Waals surface area contributed by atoms with Crippen LogP contribution in [0.4, 0.5) is 0 Å². The van der Waals surface area contributed by atoms with Gasteiger partial charge in [0.25, 0.3) is 5.91 Å². The van der Waals surface area contributed by atoms with Crippen LogP contribution in [0.1, 0.15) is 24.2 Å². The zero-order chi connectivity index (χ0) is 19.6. The molecule has 9 heteroatoms. The van der Waals surface area contributed by atoms with Crippen LogP contribution in [-0.4, -0.2) is 80.5 Å². The summed E-state index contributed by atoms with van der Waals surface area (Å²) in [6, 6.07) is 6.99. The molecule has 0 bridgehead atoms. The van der Waals surface area contributed by atoms with Crippen LogP contribution in [0.2, 0.25) is 0 Å². The Kier molecular flexibility index (Phi) is 10.6. The van der Waals surface area contributed by atoms with Crippen molar-refractivity contribution in [2.24, 2.45) is 4.99 Å². The standard InChI is InChI=1S/C19H29N5O3.HI/c1-4-20-19(24-13-11-23(12-14-24)15(2)25)22-10-9-21-18(26)16-5-7-17(27-3)8-6-16;/h5-8H,4,9-14H2,1-3H3,(H,20,22)(H,21,26);1H. The predicted molar refractivity (Wildman–Crippen MR) is 121 cm³/mol. The van der Waals surface area contributed by atoms with E-state index < -0.39 is 0 Å². The molecular weight excluding hydrogens is 473 g/mol. The summed E-state index contributed by atoms with van der Waals surface area (Å²) in [7, 11) is 1.59. The molecule has 1 aliphatic heterocycles. The molecule has 2 amide bonds. The van der Waals surface area contributed by atoms with Crippen LogP contribution in [0.3, 0.4) is 0 Å². The molecule has 0 aromatic heterocycles. The van der Waals surface area contributed by atoms with Crippen molar-refractivity contribution in [3.8, 4) is 5.75 Å². The number of piperazine rings is 1. The third-order valence-electron chi connectivity index (χ3n) is 4.37. The topological polar surface area (TPSA) is 86.3 Å². The van der Waals surface area contributed by atoms with Gasteiger partial charge in [0.1, 0.15) is 5.75 Å². The molecule has 1 heterocycles. The van der Waals surface area contributed by atoms with Crippen molar-refractivity contribution in [1.29, 1.82) is 0 Å². The molecule has 28 heavy (non-hydrogen) atoms. The quantitative estimate of drug-likeness (QED) is 0.264. The van der Waals surface area contributed by atoms with E-state index in [1.807, 2.05) is 11.8 Å². The highest BCUT2D eigenvalue weighted by Gasteiger charge is 2.20. The van der Waals surface area contributed by atoms with E-state index in [1.54, 1.807) is 38.3 Å². The van der Waals surface area contributed by atoms with Gasteiger partial charge in [-0.05, 0) is 31.2 Å². The van der Waals surface area contributed by atoms with Gasteiger partial charge in [0.2, 0.25) is 5.91 Å². The average molecular weight is 503 g/mol. The van der Waals surface area contributed by atoms with Crippen LogP contribution < -0.4 is 15.4 Å². The van der Waals surface area contributed by atoms with Gasteiger partial charge in [0.05, 0.1) is 13.7 Å². The number of benzene rings is 1. The number of nitrogens with zero attached hydrogens (tertiary/aromatic N) is 3. The SMILES string of the molecule is CCNC(=NCCNC(=O)c1ccc(OC)cc1)N1CCN(C(C)=O)CC1.I. The van der Waals surface area contributed by atoms with Crippen molar-refractivity contribution in [1.82, 2.24) is 20.4 Å². The highest BCUT2D eigenvalue weighted by atomic mass is 127. The fourth-order valence-electron chi connectivity index (χ4n) is 2.83. The highest BCUT2D eigenvalue weighted by Crippen LogP contribution is 2.11. The number of amides is 2. The lowest BCUT2D eigenvalue weighted by atomic mass is 10.2. The van der Waals surface area contributed by atoms with Gasteiger partial charge in [0.15, 0.2) is 5.96 Å². The molecule has 0 saturated carbocycles. The summed E-state index contributed by atoms with van der Waals surface area (Å²) in [6.07, 6.45) is 0. The first-order valence-electron chi connectivity index (χ1n) is 9.26. The number of halogens is 1. The Hall–Kier alpha value is -2.04. The van der Waals surface area contributed by atoms with Gasteiger partial charge < -0.3 is 25.2 Å². The molecule has 1 saturated heterocycles. The second-order valence-corrected chi connectivity index (χ2v) is 6.21. The number of nitrogens with one attached hydrogen (secondary N) is 2. The van der Waals surface area contributed by atoms with E-state index in [0.29, 0.717) is 31.7 Å². The van der Waals surface area contributed by atoms with Crippen molar-refractivity contribution in [3.63, 3.8) is 0 Å². The van der Waals surface area contributed by atoms with E-state index in [1.165, 1.54) is 0 Å². The maximum absolute atomic E-state index is 12.2. The van der Waals surface area contributed by atoms with Crippen molar-refractivity contribution in [3.05, 3.63) is 29.8 Å². The average Bonchev–Trinajstić information content (AvgIpc) is 2.70. The molecule has 1 aromatic rings. The Labute approximate surface area is 183 Å². The van der Waals surface area contributed by atoms with Gasteiger partial charge >= 0.3 is 0 Å². The Bertz CT molecular complexity index is 658. The maximum atomic E-state index is 12.2. The lowest BCUT2D eigenvalue weighted by Crippen LogP contribution is -2.53. The molecule has 0 aliphatic carbocycles. The lowest BCUT2D eigenvalue weighted by Gasteiger charge is -2.36. The summed E-state index contributed by atoms with van der Waals surface area (Å²) in [6.45, 7) is 8.23. The maximum Gasteiger partial charge on any atom is 0.251 e. The van der Waals surface area contributed by atoms with Gasteiger partial charge in [-0.25, -0.2) is 0 Å². The largest absolute Gasteiger partial charge is 0.497 e. The van der Waals surface area contributed by atoms with Crippen molar-refractivity contribution in [2.45, 2.75) is 13.8 Å². The van der Waals surface area contributed by atoms with Gasteiger partial charge in [-0.3, -0.25) is 14.6 Å². The van der Waals surface area contributed by atoms with Crippen LogP contribution in [0.5, 0.6) is 5.75 Å². The molecule has 8 nitrogen and oxygen atoms in total. The number of rotatable bonds is 6. The number of hydrogen-bond donors (Lipinski definition) is 2. The molecule has 156 valence electrons. The normalized spacial score (nSPS) is 14.2. The third-order valence-corrected chi connectivity index (χ3v) is 4.37. The van der Waals surface area contributed by atoms with Crippen LogP contribution >= 0.6 is 24.0 Å². The molecule has 1 aromatic carbocycles. The predicted octanol–water partition coefficient (Wildman–Crippen LogP) is 1.17. The molecule has 2 N–H and O–H groups in total. The van der Waals surface area contributed by atoms with Gasteiger partial charge in [-0.15, -0.1) is 24.0 Å². The summed E-state index contributed by atoms with van der Waals surface area (Å²) in [5.41, 5.74) is 0.590. The number of carbonyl (C=O) groups is 2. The fraction of sp³-hybridized carbons (Fsp3) is 0.526. The first-order valence-corrected chi connectivity index (χ1v) is 9.26. The summed E-state index contributed by atoms with van der Waals surface area (Å²) < 4.78 is 5.09. The zero-order valence-corrected chi connectivity index (χ0v) is 19.1. The van der Waals surface area contributed by atoms with Crippen molar-refractivity contribution < 1.29 is 14.3 Å². The number of methoxy groups -OCH3 is 1. The van der Waals surface area contributed by atoms with E-state index in [-0.39, 0.29) is 35.8 Å². The number of aliphatic imine (C=N–C) groups is 1. The van der Waals surface area contributed by atoms with Gasteiger partial charge in [-0.1, -0.05) is 0 Å². The van der Waals surface area contributed by atoms with Crippen LogP contribution in [0.15, 0.2) is 29.3 Å². The fourth-order valence-corrected chi connectivity index (χ4v) is 2.83. The Morgan fingerprint density at radius 3 is 2.21 bits per heavy atom. The Balaban J connectivity index is 0.00000392. The van der Waals surface area contributed by atoms with E-state index in [2.05, 4.69) is 20.5 Å². The first-order chi connectivity index (χ1) is 13.0. The second-order valence-electron chi connectivity index (χ2n) is 6.21. The Morgan fingerprint density at radius 1 is 1.07 bits per heavy atom. The number of carbonyl (C=O) groups excluding carboxylic acids is 2. The molecule has 0 spiro atoms. The minimum absolute atomic E-state index is 0. The highest BCUT2D eigenvalue weighted by molar-refractivity contribution is 14.0. The molecule has 0 atom stereocenters. The van der Waals surface area contributed by atoms with Gasteiger partial charge in [0, 0.05) is 51.8 Å². The molecule has 1 fully saturated rings. The smallest absolute Gasteiger partial charge is 0.251 e. The van der Waals surface area contributed by atoms with E-state index in [4.69, 9.17) is 4.74 Å². The lowest BCUT2D eigenvalue weighted by molar-refractivity contribution is -0.130. The van der Waals surface area contributed by atoms with E-state index in [9.17, 15) is 9.59 Å². The third kappa shape index (κ3) is 7.17. The summed E-state index contributed by atoms with van der Waals surface area (Å²) in [4.78, 5) is 32.2. The molecular formula is C19H30IN5O3. The van der Waals surface area contributed by atoms with Crippen LogP contribution in [0, 0.1) is 0 Å². The minimum atomic E-state index is -0.132. The Morgan fingerprint density at radius 2 is 1.68 bits per heavy atom. The monoisotopic (exact) mass is 503 g/mol. The summed E-state index contributed by atoms with van der Waals surface area (Å²) in [5.74, 6) is 1.52. The first kappa shape index (κ1) is 24.0. The van der Waals surface area contributed by atoms with Gasteiger partial charge in [-0.2, -0.15) is 0 Å². The molecule has 1 aliphatic rings. The molecule has 0 radical (unpaired) electrons. The van der Waals surface area contributed by atoms with Crippen LogP contribution in [-0.2, 0) is 4.79 Å². The molecule has 2 rings (SSSR count). The number of guanidine groups is 1. The van der Waals surface area contributed by atoms with E-state index >= 15 is 0 Å². The van der Waals surface area contributed by atoms with Crippen molar-refractivity contribution in [2.75, 3.05) is 52.9 Å². The summed E-state index contributed by atoms with van der Waals surface area (Å²) >= 11 is 0. The summed E-state index contributed by atoms with van der Waals surface area (Å²) in [5, 5.41) is 6.15. The number of hydrogen-bond acceptors (Lipinski definition) is 4. The van der Waals surface area contributed by atoms with E-state index in [0.717, 1.165) is 31.3 Å². The van der Waals surface area contributed by atoms with Crippen LogP contribution in [0.25, 0.3) is 0 Å².